The maximum Gasteiger partial charge on any atom is 0.119 e. The Morgan fingerprint density at radius 2 is 1.95 bits per heavy atom. The van der Waals surface area contributed by atoms with Gasteiger partial charge >= 0.3 is 0 Å². The standard InChI is InChI=1S/C15H24ClNO3/c1-3-4-12(18)8-17-9-13(19)10-20-14-5-6-15(16)11(2)7-14/h5-7,12-13,17-19H,3-4,8-10H2,1-2H3. The number of aliphatic hydroxyl groups is 2. The zero-order chi connectivity index (χ0) is 15.0. The molecule has 0 saturated heterocycles. The summed E-state index contributed by atoms with van der Waals surface area (Å²) in [6, 6.07) is 5.39. The van der Waals surface area contributed by atoms with Crippen LogP contribution in [0.3, 0.4) is 0 Å². The van der Waals surface area contributed by atoms with Gasteiger partial charge in [0.1, 0.15) is 18.5 Å². The van der Waals surface area contributed by atoms with Gasteiger partial charge in [-0.1, -0.05) is 24.9 Å². The van der Waals surface area contributed by atoms with E-state index in [2.05, 4.69) is 5.32 Å². The summed E-state index contributed by atoms with van der Waals surface area (Å²) in [7, 11) is 0. The van der Waals surface area contributed by atoms with Gasteiger partial charge in [0.05, 0.1) is 6.10 Å². The number of hydrogen-bond acceptors (Lipinski definition) is 4. The lowest BCUT2D eigenvalue weighted by Gasteiger charge is -2.15. The van der Waals surface area contributed by atoms with E-state index in [1.54, 1.807) is 12.1 Å². The van der Waals surface area contributed by atoms with Gasteiger partial charge in [0.25, 0.3) is 0 Å². The predicted octanol–water partition coefficient (Wildman–Crippen LogP) is 2.14. The minimum atomic E-state index is -0.611. The monoisotopic (exact) mass is 301 g/mol. The Morgan fingerprint density at radius 3 is 2.60 bits per heavy atom. The summed E-state index contributed by atoms with van der Waals surface area (Å²) in [6.45, 7) is 5.03. The molecule has 1 aromatic carbocycles. The number of nitrogens with one attached hydrogen (secondary N) is 1. The summed E-state index contributed by atoms with van der Waals surface area (Å²) >= 11 is 5.93. The average Bonchev–Trinajstić information content (AvgIpc) is 2.40. The number of rotatable bonds is 9. The summed E-state index contributed by atoms with van der Waals surface area (Å²) in [4.78, 5) is 0. The summed E-state index contributed by atoms with van der Waals surface area (Å²) in [5.74, 6) is 0.692. The van der Waals surface area contributed by atoms with Gasteiger partial charge in [0.2, 0.25) is 0 Å². The quantitative estimate of drug-likeness (QED) is 0.654. The summed E-state index contributed by atoms with van der Waals surface area (Å²) in [5.41, 5.74) is 0.944. The van der Waals surface area contributed by atoms with E-state index in [1.165, 1.54) is 0 Å². The van der Waals surface area contributed by atoms with Gasteiger partial charge in [-0.15, -0.1) is 0 Å². The summed E-state index contributed by atoms with van der Waals surface area (Å²) in [5, 5.41) is 23.0. The Kier molecular flexibility index (Phi) is 7.92. The SMILES string of the molecule is CCCC(O)CNCC(O)COc1ccc(Cl)c(C)c1. The van der Waals surface area contributed by atoms with Crippen molar-refractivity contribution in [2.24, 2.45) is 0 Å². The third-order valence-corrected chi connectivity index (χ3v) is 3.38. The van der Waals surface area contributed by atoms with Crippen molar-refractivity contribution < 1.29 is 14.9 Å². The van der Waals surface area contributed by atoms with Crippen LogP contribution in [-0.4, -0.2) is 42.1 Å². The van der Waals surface area contributed by atoms with Crippen LogP contribution in [0.25, 0.3) is 0 Å². The molecule has 0 aliphatic heterocycles. The van der Waals surface area contributed by atoms with Crippen LogP contribution in [0, 0.1) is 6.92 Å². The van der Waals surface area contributed by atoms with Crippen LogP contribution in [0.1, 0.15) is 25.3 Å². The fraction of sp³-hybridized carbons (Fsp3) is 0.600. The highest BCUT2D eigenvalue weighted by atomic mass is 35.5. The fourth-order valence-corrected chi connectivity index (χ4v) is 1.93. The van der Waals surface area contributed by atoms with Gasteiger partial charge in [-0.05, 0) is 37.1 Å². The van der Waals surface area contributed by atoms with E-state index in [0.717, 1.165) is 18.4 Å². The molecule has 1 rings (SSSR count). The second-order valence-corrected chi connectivity index (χ2v) is 5.38. The maximum atomic E-state index is 9.78. The van der Waals surface area contributed by atoms with Crippen molar-refractivity contribution in [1.82, 2.24) is 5.32 Å². The van der Waals surface area contributed by atoms with Gasteiger partial charge in [-0.2, -0.15) is 0 Å². The van der Waals surface area contributed by atoms with E-state index in [-0.39, 0.29) is 12.7 Å². The first-order valence-electron chi connectivity index (χ1n) is 6.98. The van der Waals surface area contributed by atoms with E-state index in [4.69, 9.17) is 16.3 Å². The first-order valence-corrected chi connectivity index (χ1v) is 7.36. The first-order chi connectivity index (χ1) is 9.52. The van der Waals surface area contributed by atoms with Gasteiger partial charge in [-0.25, -0.2) is 0 Å². The van der Waals surface area contributed by atoms with E-state index < -0.39 is 6.10 Å². The Balaban J connectivity index is 2.22. The molecule has 0 spiro atoms. The molecule has 2 atom stereocenters. The van der Waals surface area contributed by atoms with E-state index >= 15 is 0 Å². The molecule has 0 aliphatic rings. The Labute approximate surface area is 125 Å². The molecule has 0 bridgehead atoms. The Morgan fingerprint density at radius 1 is 1.25 bits per heavy atom. The van der Waals surface area contributed by atoms with Crippen LogP contribution in [0.15, 0.2) is 18.2 Å². The highest BCUT2D eigenvalue weighted by molar-refractivity contribution is 6.31. The number of benzene rings is 1. The smallest absolute Gasteiger partial charge is 0.119 e. The van der Waals surface area contributed by atoms with Crippen LogP contribution in [0.4, 0.5) is 0 Å². The van der Waals surface area contributed by atoms with Gasteiger partial charge in [0.15, 0.2) is 0 Å². The topological polar surface area (TPSA) is 61.7 Å². The molecular weight excluding hydrogens is 278 g/mol. The van der Waals surface area contributed by atoms with Crippen LogP contribution < -0.4 is 10.1 Å². The average molecular weight is 302 g/mol. The number of aliphatic hydroxyl groups excluding tert-OH is 2. The molecule has 0 radical (unpaired) electrons. The van der Waals surface area contributed by atoms with Crippen LogP contribution in [0.2, 0.25) is 5.02 Å². The Bertz CT molecular complexity index is 401. The molecule has 20 heavy (non-hydrogen) atoms. The first kappa shape index (κ1) is 17.2. The summed E-state index contributed by atoms with van der Waals surface area (Å²) < 4.78 is 5.50. The molecule has 0 aliphatic carbocycles. The molecule has 2 unspecified atom stereocenters. The van der Waals surface area contributed by atoms with Crippen LogP contribution >= 0.6 is 11.6 Å². The zero-order valence-corrected chi connectivity index (χ0v) is 12.9. The molecule has 5 heteroatoms. The molecular formula is C15H24ClNO3. The number of aryl methyl sites for hydroxylation is 1. The van der Waals surface area contributed by atoms with Crippen LogP contribution in [0.5, 0.6) is 5.75 Å². The molecule has 4 nitrogen and oxygen atoms in total. The molecule has 0 saturated carbocycles. The minimum absolute atomic E-state index is 0.206. The lowest BCUT2D eigenvalue weighted by molar-refractivity contribution is 0.0984. The highest BCUT2D eigenvalue weighted by Gasteiger charge is 2.07. The van der Waals surface area contributed by atoms with Crippen molar-refractivity contribution >= 4 is 11.6 Å². The lowest BCUT2D eigenvalue weighted by Crippen LogP contribution is -2.35. The largest absolute Gasteiger partial charge is 0.491 e. The van der Waals surface area contributed by atoms with Crippen LogP contribution in [-0.2, 0) is 0 Å². The van der Waals surface area contributed by atoms with Gasteiger partial charge in [0, 0.05) is 18.1 Å². The molecule has 3 N–H and O–H groups in total. The fourth-order valence-electron chi connectivity index (χ4n) is 1.81. The second-order valence-electron chi connectivity index (χ2n) is 4.98. The maximum absolute atomic E-state index is 9.78. The van der Waals surface area contributed by atoms with Crippen molar-refractivity contribution in [3.8, 4) is 5.75 Å². The third-order valence-electron chi connectivity index (χ3n) is 2.95. The zero-order valence-electron chi connectivity index (χ0n) is 12.1. The molecule has 0 aromatic heterocycles. The van der Waals surface area contributed by atoms with E-state index in [1.807, 2.05) is 19.9 Å². The molecule has 0 fully saturated rings. The molecule has 0 amide bonds. The number of halogens is 1. The third kappa shape index (κ3) is 6.57. The van der Waals surface area contributed by atoms with Gasteiger partial charge in [-0.3, -0.25) is 0 Å². The van der Waals surface area contributed by atoms with Crippen molar-refractivity contribution in [3.63, 3.8) is 0 Å². The second kappa shape index (κ2) is 9.19. The normalized spacial score (nSPS) is 14.1. The predicted molar refractivity (Wildman–Crippen MR) is 81.5 cm³/mol. The number of ether oxygens (including phenoxy) is 1. The minimum Gasteiger partial charge on any atom is -0.491 e. The summed E-state index contributed by atoms with van der Waals surface area (Å²) in [6.07, 6.45) is 0.750. The Hall–Kier alpha value is -0.810. The van der Waals surface area contributed by atoms with E-state index in [0.29, 0.717) is 23.9 Å². The van der Waals surface area contributed by atoms with Crippen molar-refractivity contribution in [1.29, 1.82) is 0 Å². The number of hydrogen-bond donors (Lipinski definition) is 3. The molecule has 1 aromatic rings. The van der Waals surface area contributed by atoms with Gasteiger partial charge < -0.3 is 20.3 Å². The highest BCUT2D eigenvalue weighted by Crippen LogP contribution is 2.20. The van der Waals surface area contributed by atoms with Crippen molar-refractivity contribution in [3.05, 3.63) is 28.8 Å². The lowest BCUT2D eigenvalue weighted by atomic mass is 10.2. The van der Waals surface area contributed by atoms with E-state index in [9.17, 15) is 10.2 Å². The molecule has 0 heterocycles. The molecule has 114 valence electrons. The van der Waals surface area contributed by atoms with Crippen molar-refractivity contribution in [2.45, 2.75) is 38.9 Å². The van der Waals surface area contributed by atoms with Crippen molar-refractivity contribution in [2.75, 3.05) is 19.7 Å².